The van der Waals surface area contributed by atoms with Crippen LogP contribution in [0.5, 0.6) is 0 Å². The lowest BCUT2D eigenvalue weighted by molar-refractivity contribution is -0.127. The van der Waals surface area contributed by atoms with E-state index < -0.39 is 0 Å². The lowest BCUT2D eigenvalue weighted by Crippen LogP contribution is -2.43. The van der Waals surface area contributed by atoms with Crippen molar-refractivity contribution in [3.05, 3.63) is 35.9 Å². The molecule has 2 saturated heterocycles. The van der Waals surface area contributed by atoms with Gasteiger partial charge in [0.2, 0.25) is 5.91 Å². The molecular formula is C22H33N3O2S. The highest BCUT2D eigenvalue weighted by Crippen LogP contribution is 2.46. The van der Waals surface area contributed by atoms with Gasteiger partial charge in [0.15, 0.2) is 0 Å². The summed E-state index contributed by atoms with van der Waals surface area (Å²) in [6, 6.07) is 10.6. The SMILES string of the molecule is CCCCNC(=O)N1CC2CN(C(=O)CSC)CC2(CCc2ccccc2)C1. The van der Waals surface area contributed by atoms with Crippen LogP contribution >= 0.6 is 11.8 Å². The highest BCUT2D eigenvalue weighted by molar-refractivity contribution is 7.99. The summed E-state index contributed by atoms with van der Waals surface area (Å²) < 4.78 is 0. The van der Waals surface area contributed by atoms with Crippen LogP contribution < -0.4 is 5.32 Å². The smallest absolute Gasteiger partial charge is 0.317 e. The molecule has 6 heteroatoms. The van der Waals surface area contributed by atoms with Crippen molar-refractivity contribution in [2.24, 2.45) is 11.3 Å². The number of thioether (sulfide) groups is 1. The maximum Gasteiger partial charge on any atom is 0.317 e. The predicted molar refractivity (Wildman–Crippen MR) is 116 cm³/mol. The van der Waals surface area contributed by atoms with E-state index >= 15 is 0 Å². The zero-order chi connectivity index (χ0) is 20.0. The van der Waals surface area contributed by atoms with Gasteiger partial charge in [-0.15, -0.1) is 0 Å². The maximum atomic E-state index is 12.6. The van der Waals surface area contributed by atoms with Crippen LogP contribution in [0.2, 0.25) is 0 Å². The fraction of sp³-hybridized carbons (Fsp3) is 0.636. The lowest BCUT2D eigenvalue weighted by atomic mass is 9.76. The summed E-state index contributed by atoms with van der Waals surface area (Å²) in [4.78, 5) is 29.1. The highest BCUT2D eigenvalue weighted by Gasteiger charge is 2.53. The summed E-state index contributed by atoms with van der Waals surface area (Å²) in [5, 5.41) is 3.06. The topological polar surface area (TPSA) is 52.7 Å². The summed E-state index contributed by atoms with van der Waals surface area (Å²) in [5.41, 5.74) is 1.35. The monoisotopic (exact) mass is 403 g/mol. The molecule has 2 aliphatic heterocycles. The van der Waals surface area contributed by atoms with Crippen LogP contribution in [0.3, 0.4) is 0 Å². The summed E-state index contributed by atoms with van der Waals surface area (Å²) in [5.74, 6) is 1.15. The molecule has 0 bridgehead atoms. The van der Waals surface area contributed by atoms with Gasteiger partial charge in [-0.2, -0.15) is 11.8 Å². The normalized spacial score (nSPS) is 23.7. The molecule has 0 spiro atoms. The van der Waals surface area contributed by atoms with E-state index in [-0.39, 0.29) is 17.4 Å². The van der Waals surface area contributed by atoms with Crippen LogP contribution in [0.1, 0.15) is 31.7 Å². The van der Waals surface area contributed by atoms with Gasteiger partial charge in [-0.3, -0.25) is 4.79 Å². The molecule has 1 aromatic carbocycles. The molecule has 1 aromatic rings. The second kappa shape index (κ2) is 9.68. The Kier molecular flexibility index (Phi) is 7.27. The number of likely N-dealkylation sites (tertiary alicyclic amines) is 2. The molecule has 154 valence electrons. The van der Waals surface area contributed by atoms with Crippen molar-refractivity contribution < 1.29 is 9.59 Å². The Morgan fingerprint density at radius 2 is 1.89 bits per heavy atom. The first kappa shape index (κ1) is 21.0. The van der Waals surface area contributed by atoms with Gasteiger partial charge in [0.25, 0.3) is 0 Å². The molecular weight excluding hydrogens is 370 g/mol. The summed E-state index contributed by atoms with van der Waals surface area (Å²) in [7, 11) is 0. The number of hydrogen-bond donors (Lipinski definition) is 1. The van der Waals surface area contributed by atoms with Gasteiger partial charge in [0.1, 0.15) is 0 Å². The number of urea groups is 1. The van der Waals surface area contributed by atoms with Gasteiger partial charge < -0.3 is 15.1 Å². The molecule has 2 fully saturated rings. The lowest BCUT2D eigenvalue weighted by Gasteiger charge is -2.29. The van der Waals surface area contributed by atoms with Crippen LogP contribution in [0, 0.1) is 11.3 Å². The van der Waals surface area contributed by atoms with E-state index in [4.69, 9.17) is 0 Å². The Morgan fingerprint density at radius 1 is 1.18 bits per heavy atom. The van der Waals surface area contributed by atoms with Crippen LogP contribution in [0.25, 0.3) is 0 Å². The van der Waals surface area contributed by atoms with Crippen LogP contribution in [-0.2, 0) is 11.2 Å². The van der Waals surface area contributed by atoms with Gasteiger partial charge in [-0.25, -0.2) is 4.79 Å². The second-order valence-corrected chi connectivity index (χ2v) is 9.08. The number of carbonyl (C=O) groups excluding carboxylic acids is 2. The van der Waals surface area contributed by atoms with Crippen molar-refractivity contribution in [3.63, 3.8) is 0 Å². The van der Waals surface area contributed by atoms with E-state index in [1.807, 2.05) is 22.1 Å². The van der Waals surface area contributed by atoms with Crippen molar-refractivity contribution in [2.45, 2.75) is 32.6 Å². The minimum atomic E-state index is 0.0198. The Bertz CT molecular complexity index is 669. The molecule has 5 nitrogen and oxygen atoms in total. The van der Waals surface area contributed by atoms with Gasteiger partial charge in [0.05, 0.1) is 5.75 Å². The average molecular weight is 404 g/mol. The third kappa shape index (κ3) is 4.83. The van der Waals surface area contributed by atoms with Crippen LogP contribution in [0.4, 0.5) is 4.79 Å². The summed E-state index contributed by atoms with van der Waals surface area (Å²) >= 11 is 1.58. The molecule has 3 rings (SSSR count). The summed E-state index contributed by atoms with van der Waals surface area (Å²) in [6.07, 6.45) is 6.08. The first-order valence-electron chi connectivity index (χ1n) is 10.4. The van der Waals surface area contributed by atoms with Gasteiger partial charge in [0, 0.05) is 44.1 Å². The Balaban J connectivity index is 1.68. The fourth-order valence-corrected chi connectivity index (χ4v) is 5.05. The number of amides is 3. The van der Waals surface area contributed by atoms with Crippen molar-refractivity contribution in [1.82, 2.24) is 15.1 Å². The Hall–Kier alpha value is -1.69. The number of benzene rings is 1. The molecule has 2 heterocycles. The van der Waals surface area contributed by atoms with Crippen molar-refractivity contribution >= 4 is 23.7 Å². The van der Waals surface area contributed by atoms with Gasteiger partial charge in [-0.05, 0) is 31.1 Å². The second-order valence-electron chi connectivity index (χ2n) is 8.22. The quantitative estimate of drug-likeness (QED) is 0.678. The molecule has 2 aliphatic rings. The first-order valence-corrected chi connectivity index (χ1v) is 11.8. The summed E-state index contributed by atoms with van der Waals surface area (Å²) in [6.45, 7) is 5.95. The van der Waals surface area contributed by atoms with Crippen molar-refractivity contribution in [1.29, 1.82) is 0 Å². The van der Waals surface area contributed by atoms with Crippen molar-refractivity contribution in [2.75, 3.05) is 44.7 Å². The van der Waals surface area contributed by atoms with Gasteiger partial charge in [-0.1, -0.05) is 43.7 Å². The van der Waals surface area contributed by atoms with Crippen molar-refractivity contribution in [3.8, 4) is 0 Å². The zero-order valence-corrected chi connectivity index (χ0v) is 18.0. The van der Waals surface area contributed by atoms with Gasteiger partial charge >= 0.3 is 6.03 Å². The number of hydrogen-bond acceptors (Lipinski definition) is 3. The number of nitrogens with one attached hydrogen (secondary N) is 1. The zero-order valence-electron chi connectivity index (χ0n) is 17.2. The minimum Gasteiger partial charge on any atom is -0.341 e. The molecule has 0 saturated carbocycles. The number of carbonyl (C=O) groups is 2. The predicted octanol–water partition coefficient (Wildman–Crippen LogP) is 3.25. The number of rotatable bonds is 8. The number of aryl methyl sites for hydroxylation is 1. The highest BCUT2D eigenvalue weighted by atomic mass is 32.2. The Morgan fingerprint density at radius 3 is 2.61 bits per heavy atom. The molecule has 28 heavy (non-hydrogen) atoms. The van der Waals surface area contributed by atoms with E-state index in [1.165, 1.54) is 5.56 Å². The van der Waals surface area contributed by atoms with E-state index in [1.54, 1.807) is 11.8 Å². The van der Waals surface area contributed by atoms with E-state index in [0.29, 0.717) is 11.7 Å². The average Bonchev–Trinajstić information content (AvgIpc) is 3.22. The number of nitrogens with zero attached hydrogens (tertiary/aromatic N) is 2. The first-order chi connectivity index (χ1) is 13.6. The standard InChI is InChI=1S/C22H33N3O2S/c1-3-4-12-23-21(27)25-14-19-13-24(20(26)15-28-2)16-22(19,17-25)11-10-18-8-6-5-7-9-18/h5-9,19H,3-4,10-17H2,1-2H3,(H,23,27). The number of fused-ring (bicyclic) bond motifs is 1. The minimum absolute atomic E-state index is 0.0198. The molecule has 1 N–H and O–H groups in total. The third-order valence-electron chi connectivity index (χ3n) is 6.23. The van der Waals surface area contributed by atoms with E-state index in [9.17, 15) is 9.59 Å². The van der Waals surface area contributed by atoms with Crippen LogP contribution in [-0.4, -0.2) is 66.5 Å². The number of unbranched alkanes of at least 4 members (excludes halogenated alkanes) is 1. The maximum absolute atomic E-state index is 12.6. The molecule has 0 radical (unpaired) electrons. The van der Waals surface area contributed by atoms with E-state index in [0.717, 1.165) is 58.4 Å². The Labute approximate surface area is 173 Å². The van der Waals surface area contributed by atoms with E-state index in [2.05, 4.69) is 36.5 Å². The molecule has 3 amide bonds. The largest absolute Gasteiger partial charge is 0.341 e. The third-order valence-corrected chi connectivity index (χ3v) is 6.76. The molecule has 2 unspecified atom stereocenters. The molecule has 2 atom stereocenters. The molecule has 0 aliphatic carbocycles. The van der Waals surface area contributed by atoms with Crippen LogP contribution in [0.15, 0.2) is 30.3 Å². The molecule has 0 aromatic heterocycles. The fourth-order valence-electron chi connectivity index (χ4n) is 4.62.